The highest BCUT2D eigenvalue weighted by Gasteiger charge is 2.31. The second kappa shape index (κ2) is 5.01. The molecule has 0 spiro atoms. The summed E-state index contributed by atoms with van der Waals surface area (Å²) in [6.07, 6.45) is -1.91. The summed E-state index contributed by atoms with van der Waals surface area (Å²) in [6.45, 7) is 0. The number of rotatable bonds is 3. The molecule has 0 amide bonds. The van der Waals surface area contributed by atoms with Crippen LogP contribution in [0.15, 0.2) is 36.7 Å². The van der Waals surface area contributed by atoms with E-state index in [2.05, 4.69) is 20.0 Å². The Balaban J connectivity index is 2.18. The number of hydrogen-bond acceptors (Lipinski definition) is 5. The third kappa shape index (κ3) is 3.73. The summed E-state index contributed by atoms with van der Waals surface area (Å²) < 4.78 is 40.0. The molecule has 0 saturated heterocycles. The number of aromatic nitrogens is 2. The molecule has 19 heavy (non-hydrogen) atoms. The fourth-order valence-electron chi connectivity index (χ4n) is 1.35. The van der Waals surface area contributed by atoms with Gasteiger partial charge in [-0.2, -0.15) is 0 Å². The second-order valence-electron chi connectivity index (χ2n) is 3.49. The van der Waals surface area contributed by atoms with Crippen molar-refractivity contribution in [2.75, 3.05) is 11.1 Å². The molecule has 1 aromatic heterocycles. The number of nitrogens with two attached hydrogens (primary N) is 1. The van der Waals surface area contributed by atoms with Gasteiger partial charge in [0.2, 0.25) is 0 Å². The first-order valence-corrected chi connectivity index (χ1v) is 5.13. The van der Waals surface area contributed by atoms with Crippen LogP contribution in [0.5, 0.6) is 5.75 Å². The molecule has 100 valence electrons. The molecule has 0 bridgehead atoms. The summed E-state index contributed by atoms with van der Waals surface area (Å²) in [5.74, 6) is 0.0660. The van der Waals surface area contributed by atoms with Crippen LogP contribution >= 0.6 is 0 Å². The molecule has 8 heteroatoms. The molecule has 3 N–H and O–H groups in total. The summed E-state index contributed by atoms with van der Waals surface area (Å²) in [5, 5.41) is 2.75. The van der Waals surface area contributed by atoms with E-state index in [1.165, 1.54) is 30.6 Å². The van der Waals surface area contributed by atoms with Gasteiger partial charge in [0, 0.05) is 24.1 Å². The fraction of sp³-hybridized carbons (Fsp3) is 0.0909. The molecule has 5 nitrogen and oxygen atoms in total. The van der Waals surface area contributed by atoms with Crippen molar-refractivity contribution in [1.82, 2.24) is 9.97 Å². The molecule has 1 heterocycles. The Morgan fingerprint density at radius 1 is 1.16 bits per heavy atom. The molecular formula is C11H9F3N4O. The molecule has 0 aliphatic heterocycles. The zero-order chi connectivity index (χ0) is 13.9. The van der Waals surface area contributed by atoms with E-state index in [9.17, 15) is 13.2 Å². The quantitative estimate of drug-likeness (QED) is 0.897. The maximum atomic E-state index is 12.1. The van der Waals surface area contributed by atoms with E-state index in [1.807, 2.05) is 0 Å². The van der Waals surface area contributed by atoms with E-state index in [1.54, 1.807) is 6.07 Å². The molecule has 0 fully saturated rings. The van der Waals surface area contributed by atoms with Crippen LogP contribution in [0.25, 0.3) is 0 Å². The van der Waals surface area contributed by atoms with Gasteiger partial charge in [0.25, 0.3) is 0 Å². The zero-order valence-corrected chi connectivity index (χ0v) is 9.48. The summed E-state index contributed by atoms with van der Waals surface area (Å²) in [5.41, 5.74) is 5.92. The third-order valence-corrected chi connectivity index (χ3v) is 2.06. The number of benzene rings is 1. The highest BCUT2D eigenvalue weighted by Crippen LogP contribution is 2.26. The Bertz CT molecular complexity index is 574. The number of nitrogens with zero attached hydrogens (tertiary/aromatic N) is 2. The lowest BCUT2D eigenvalue weighted by Crippen LogP contribution is -2.17. The Morgan fingerprint density at radius 2 is 1.89 bits per heavy atom. The Hall–Kier alpha value is -2.51. The van der Waals surface area contributed by atoms with Crippen LogP contribution in [0.2, 0.25) is 0 Å². The van der Waals surface area contributed by atoms with Gasteiger partial charge < -0.3 is 15.8 Å². The topological polar surface area (TPSA) is 73.1 Å². The van der Waals surface area contributed by atoms with Gasteiger partial charge in [-0.1, -0.05) is 6.07 Å². The van der Waals surface area contributed by atoms with Crippen LogP contribution in [-0.2, 0) is 0 Å². The van der Waals surface area contributed by atoms with Crippen molar-refractivity contribution in [2.45, 2.75) is 6.36 Å². The van der Waals surface area contributed by atoms with E-state index >= 15 is 0 Å². The number of nitrogens with one attached hydrogen (secondary N) is 1. The number of halogens is 3. The predicted molar refractivity (Wildman–Crippen MR) is 62.9 cm³/mol. The normalized spacial score (nSPS) is 11.1. The second-order valence-corrected chi connectivity index (χ2v) is 3.49. The van der Waals surface area contributed by atoms with Gasteiger partial charge in [-0.05, 0) is 12.1 Å². The SMILES string of the molecule is Nc1nccnc1Nc1cccc(OC(F)(F)F)c1. The van der Waals surface area contributed by atoms with E-state index in [-0.39, 0.29) is 17.4 Å². The average molecular weight is 270 g/mol. The molecule has 2 rings (SSSR count). The van der Waals surface area contributed by atoms with Gasteiger partial charge in [0.1, 0.15) is 5.75 Å². The summed E-state index contributed by atoms with van der Waals surface area (Å²) in [7, 11) is 0. The summed E-state index contributed by atoms with van der Waals surface area (Å²) in [6, 6.07) is 5.34. The lowest BCUT2D eigenvalue weighted by atomic mass is 10.3. The van der Waals surface area contributed by atoms with Crippen molar-refractivity contribution in [2.24, 2.45) is 0 Å². The van der Waals surface area contributed by atoms with Crippen LogP contribution in [0, 0.1) is 0 Å². The Kier molecular flexibility index (Phi) is 3.41. The molecule has 0 radical (unpaired) electrons. The standard InChI is InChI=1S/C11H9F3N4O/c12-11(13,14)19-8-3-1-2-7(6-8)18-10-9(15)16-4-5-17-10/h1-6H,(H2,15,16)(H,17,18). The average Bonchev–Trinajstić information content (AvgIpc) is 2.30. The van der Waals surface area contributed by atoms with Gasteiger partial charge in [-0.15, -0.1) is 13.2 Å². The van der Waals surface area contributed by atoms with Crippen LogP contribution in [0.4, 0.5) is 30.5 Å². The molecule has 0 unspecified atom stereocenters. The number of hydrogen-bond donors (Lipinski definition) is 2. The lowest BCUT2D eigenvalue weighted by molar-refractivity contribution is -0.274. The first-order chi connectivity index (χ1) is 8.94. The molecule has 0 saturated carbocycles. The first-order valence-electron chi connectivity index (χ1n) is 5.13. The highest BCUT2D eigenvalue weighted by atomic mass is 19.4. The van der Waals surface area contributed by atoms with E-state index in [0.717, 1.165) is 0 Å². The maximum Gasteiger partial charge on any atom is 0.573 e. The van der Waals surface area contributed by atoms with E-state index in [0.29, 0.717) is 5.69 Å². The molecule has 0 aliphatic carbocycles. The van der Waals surface area contributed by atoms with Gasteiger partial charge in [-0.3, -0.25) is 0 Å². The summed E-state index contributed by atoms with van der Waals surface area (Å²) >= 11 is 0. The molecule has 0 aliphatic rings. The first kappa shape index (κ1) is 12.9. The van der Waals surface area contributed by atoms with Crippen LogP contribution < -0.4 is 15.8 Å². The third-order valence-electron chi connectivity index (χ3n) is 2.06. The largest absolute Gasteiger partial charge is 0.573 e. The van der Waals surface area contributed by atoms with E-state index in [4.69, 9.17) is 5.73 Å². The maximum absolute atomic E-state index is 12.1. The van der Waals surface area contributed by atoms with Crippen LogP contribution in [0.1, 0.15) is 0 Å². The lowest BCUT2D eigenvalue weighted by Gasteiger charge is -2.11. The molecule has 1 aromatic carbocycles. The van der Waals surface area contributed by atoms with Crippen LogP contribution in [-0.4, -0.2) is 16.3 Å². The van der Waals surface area contributed by atoms with E-state index < -0.39 is 6.36 Å². The van der Waals surface area contributed by atoms with Gasteiger partial charge in [0.05, 0.1) is 0 Å². The minimum atomic E-state index is -4.73. The van der Waals surface area contributed by atoms with Gasteiger partial charge >= 0.3 is 6.36 Å². The van der Waals surface area contributed by atoms with Crippen molar-refractivity contribution in [3.63, 3.8) is 0 Å². The molecular weight excluding hydrogens is 261 g/mol. The van der Waals surface area contributed by atoms with Crippen molar-refractivity contribution < 1.29 is 17.9 Å². The Morgan fingerprint density at radius 3 is 2.58 bits per heavy atom. The van der Waals surface area contributed by atoms with Crippen LogP contribution in [0.3, 0.4) is 0 Å². The van der Waals surface area contributed by atoms with Gasteiger partial charge in [0.15, 0.2) is 11.6 Å². The minimum Gasteiger partial charge on any atom is -0.406 e. The fourth-order valence-corrected chi connectivity index (χ4v) is 1.35. The Labute approximate surface area is 106 Å². The number of ether oxygens (including phenoxy) is 1. The monoisotopic (exact) mass is 270 g/mol. The van der Waals surface area contributed by atoms with Crippen molar-refractivity contribution in [3.05, 3.63) is 36.7 Å². The van der Waals surface area contributed by atoms with Gasteiger partial charge in [-0.25, -0.2) is 9.97 Å². The molecule has 0 atom stereocenters. The smallest absolute Gasteiger partial charge is 0.406 e. The number of alkyl halides is 3. The number of anilines is 3. The zero-order valence-electron chi connectivity index (χ0n) is 9.48. The van der Waals surface area contributed by atoms with Crippen molar-refractivity contribution >= 4 is 17.3 Å². The van der Waals surface area contributed by atoms with Crippen molar-refractivity contribution in [1.29, 1.82) is 0 Å². The number of nitrogen functional groups attached to an aromatic ring is 1. The highest BCUT2D eigenvalue weighted by molar-refractivity contribution is 5.66. The minimum absolute atomic E-state index is 0.143. The predicted octanol–water partition coefficient (Wildman–Crippen LogP) is 2.70. The molecule has 2 aromatic rings. The van der Waals surface area contributed by atoms with Crippen molar-refractivity contribution in [3.8, 4) is 5.75 Å². The summed E-state index contributed by atoms with van der Waals surface area (Å²) in [4.78, 5) is 7.71.